The first-order valence-corrected chi connectivity index (χ1v) is 6.67. The van der Waals surface area contributed by atoms with Gasteiger partial charge in [0.1, 0.15) is 6.04 Å². The molecule has 1 aromatic rings. The summed E-state index contributed by atoms with van der Waals surface area (Å²) in [4.78, 5) is 37.7. The van der Waals surface area contributed by atoms with Gasteiger partial charge in [0.05, 0.1) is 5.56 Å². The number of nitrogens with one attached hydrogen (secondary N) is 1. The molecule has 1 saturated heterocycles. The molecule has 3 amide bonds. The van der Waals surface area contributed by atoms with E-state index in [4.69, 9.17) is 0 Å². The van der Waals surface area contributed by atoms with Crippen LogP contribution in [-0.4, -0.2) is 28.7 Å². The van der Waals surface area contributed by atoms with E-state index in [0.717, 1.165) is 16.0 Å². The maximum atomic E-state index is 12.3. The molecule has 6 heteroatoms. The predicted molar refractivity (Wildman–Crippen MR) is 65.1 cm³/mol. The predicted octanol–water partition coefficient (Wildman–Crippen LogP) is 0.818. The summed E-state index contributed by atoms with van der Waals surface area (Å²) >= 11 is 1.56. The molecule has 0 bridgehead atoms. The molecule has 1 N–H and O–H groups in total. The third-order valence-corrected chi connectivity index (χ3v) is 4.41. The largest absolute Gasteiger partial charge is 0.322 e. The van der Waals surface area contributed by atoms with Crippen molar-refractivity contribution in [3.8, 4) is 0 Å². The molecule has 0 spiro atoms. The minimum Gasteiger partial charge on any atom is -0.322 e. The van der Waals surface area contributed by atoms with E-state index in [1.165, 1.54) is 0 Å². The number of fused-ring (bicyclic) bond motifs is 1. The minimum absolute atomic E-state index is 0.0850. The van der Waals surface area contributed by atoms with Crippen LogP contribution >= 0.6 is 11.3 Å². The summed E-state index contributed by atoms with van der Waals surface area (Å²) in [6.45, 7) is 2.39. The minimum atomic E-state index is -0.507. The van der Waals surface area contributed by atoms with Crippen LogP contribution in [0.25, 0.3) is 0 Å². The lowest BCUT2D eigenvalue weighted by molar-refractivity contribution is -0.136. The lowest BCUT2D eigenvalue weighted by Gasteiger charge is -2.29. The van der Waals surface area contributed by atoms with Crippen LogP contribution in [0.4, 0.5) is 0 Å². The molecule has 0 aromatic carbocycles. The average molecular weight is 264 g/mol. The molecule has 2 aliphatic rings. The van der Waals surface area contributed by atoms with Gasteiger partial charge in [0.15, 0.2) is 0 Å². The lowest BCUT2D eigenvalue weighted by Crippen LogP contribution is -2.52. The van der Waals surface area contributed by atoms with Crippen LogP contribution in [-0.2, 0) is 16.1 Å². The van der Waals surface area contributed by atoms with Crippen molar-refractivity contribution in [1.29, 1.82) is 0 Å². The summed E-state index contributed by atoms with van der Waals surface area (Å²) in [5.41, 5.74) is 1.73. The van der Waals surface area contributed by atoms with E-state index < -0.39 is 6.04 Å². The molecule has 0 radical (unpaired) electrons. The zero-order valence-corrected chi connectivity index (χ0v) is 10.7. The number of thiophene rings is 1. The van der Waals surface area contributed by atoms with E-state index in [1.807, 2.05) is 12.3 Å². The van der Waals surface area contributed by atoms with E-state index >= 15 is 0 Å². The molecular weight excluding hydrogens is 252 g/mol. The Balaban J connectivity index is 1.86. The van der Waals surface area contributed by atoms with Crippen LogP contribution in [0.15, 0.2) is 5.38 Å². The zero-order valence-electron chi connectivity index (χ0n) is 9.86. The standard InChI is InChI=1S/C12H12N2O3S/c1-6-10-7(5-18-6)4-14(12(10)17)8-2-3-9(15)13-11(8)16/h5,8H,2-4H2,1H3,(H,13,15,16). The topological polar surface area (TPSA) is 66.5 Å². The third-order valence-electron chi connectivity index (χ3n) is 3.45. The van der Waals surface area contributed by atoms with E-state index in [-0.39, 0.29) is 17.7 Å². The summed E-state index contributed by atoms with van der Waals surface area (Å²) in [7, 11) is 0. The van der Waals surface area contributed by atoms with Gasteiger partial charge in [-0.1, -0.05) is 0 Å². The number of hydrogen-bond acceptors (Lipinski definition) is 4. The molecule has 0 aliphatic carbocycles. The zero-order chi connectivity index (χ0) is 12.9. The Kier molecular flexibility index (Phi) is 2.48. The van der Waals surface area contributed by atoms with Gasteiger partial charge in [0, 0.05) is 17.8 Å². The number of piperidine rings is 1. The van der Waals surface area contributed by atoms with E-state index in [1.54, 1.807) is 16.2 Å². The summed E-state index contributed by atoms with van der Waals surface area (Å²) in [6.07, 6.45) is 0.717. The van der Waals surface area contributed by atoms with E-state index in [2.05, 4.69) is 5.32 Å². The first-order chi connectivity index (χ1) is 8.58. The summed E-state index contributed by atoms with van der Waals surface area (Å²) in [5, 5.41) is 4.26. The van der Waals surface area contributed by atoms with Crippen molar-refractivity contribution in [1.82, 2.24) is 10.2 Å². The molecule has 1 unspecified atom stereocenters. The number of nitrogens with zero attached hydrogens (tertiary/aromatic N) is 1. The second-order valence-corrected chi connectivity index (χ2v) is 5.68. The Bertz CT molecular complexity index is 564. The fourth-order valence-corrected chi connectivity index (χ4v) is 3.39. The molecule has 1 fully saturated rings. The van der Waals surface area contributed by atoms with Crippen LogP contribution in [0.2, 0.25) is 0 Å². The van der Waals surface area contributed by atoms with Crippen LogP contribution in [0.3, 0.4) is 0 Å². The number of hydrogen-bond donors (Lipinski definition) is 1. The summed E-state index contributed by atoms with van der Waals surface area (Å²) in [6, 6.07) is -0.507. The fraction of sp³-hybridized carbons (Fsp3) is 0.417. The van der Waals surface area contributed by atoms with Gasteiger partial charge in [-0.25, -0.2) is 0 Å². The highest BCUT2D eigenvalue weighted by atomic mass is 32.1. The maximum absolute atomic E-state index is 12.3. The second kappa shape index (κ2) is 3.91. The normalized spacial score (nSPS) is 23.3. The SMILES string of the molecule is Cc1scc2c1C(=O)N(C1CCC(=O)NC1=O)C2. The number of carbonyl (C=O) groups excluding carboxylic acids is 3. The number of carbonyl (C=O) groups is 3. The quantitative estimate of drug-likeness (QED) is 0.764. The van der Waals surface area contributed by atoms with Crippen molar-refractivity contribution in [2.45, 2.75) is 32.4 Å². The van der Waals surface area contributed by atoms with Gasteiger partial charge in [-0.3, -0.25) is 19.7 Å². The number of aryl methyl sites for hydroxylation is 1. The van der Waals surface area contributed by atoms with Crippen LogP contribution < -0.4 is 5.32 Å². The Labute approximate surface area is 108 Å². The molecule has 0 saturated carbocycles. The van der Waals surface area contributed by atoms with Gasteiger partial charge in [0.2, 0.25) is 11.8 Å². The Morgan fingerprint density at radius 2 is 2.17 bits per heavy atom. The van der Waals surface area contributed by atoms with Crippen molar-refractivity contribution in [2.75, 3.05) is 0 Å². The fourth-order valence-electron chi connectivity index (χ4n) is 2.54. The van der Waals surface area contributed by atoms with E-state index in [0.29, 0.717) is 19.4 Å². The Hall–Kier alpha value is -1.69. The number of amides is 3. The van der Waals surface area contributed by atoms with Crippen molar-refractivity contribution < 1.29 is 14.4 Å². The Morgan fingerprint density at radius 3 is 2.83 bits per heavy atom. The lowest BCUT2D eigenvalue weighted by atomic mass is 10.0. The van der Waals surface area contributed by atoms with Crippen molar-refractivity contribution in [3.05, 3.63) is 21.4 Å². The van der Waals surface area contributed by atoms with Crippen molar-refractivity contribution >= 4 is 29.1 Å². The molecule has 3 rings (SSSR count). The average Bonchev–Trinajstić information content (AvgIpc) is 2.82. The second-order valence-electron chi connectivity index (χ2n) is 4.59. The van der Waals surface area contributed by atoms with Gasteiger partial charge in [-0.05, 0) is 24.3 Å². The van der Waals surface area contributed by atoms with Gasteiger partial charge >= 0.3 is 0 Å². The summed E-state index contributed by atoms with van der Waals surface area (Å²) < 4.78 is 0. The highest BCUT2D eigenvalue weighted by Gasteiger charge is 2.40. The highest BCUT2D eigenvalue weighted by molar-refractivity contribution is 7.10. The highest BCUT2D eigenvalue weighted by Crippen LogP contribution is 2.32. The smallest absolute Gasteiger partial charge is 0.256 e. The summed E-state index contributed by atoms with van der Waals surface area (Å²) in [5.74, 6) is -0.697. The van der Waals surface area contributed by atoms with Crippen LogP contribution in [0, 0.1) is 6.92 Å². The van der Waals surface area contributed by atoms with Crippen LogP contribution in [0.5, 0.6) is 0 Å². The van der Waals surface area contributed by atoms with Crippen LogP contribution in [0.1, 0.15) is 33.6 Å². The third kappa shape index (κ3) is 1.56. The molecule has 3 heterocycles. The first kappa shape index (κ1) is 11.4. The van der Waals surface area contributed by atoms with Gasteiger partial charge in [0.25, 0.3) is 5.91 Å². The molecule has 1 aromatic heterocycles. The van der Waals surface area contributed by atoms with Crippen molar-refractivity contribution in [2.24, 2.45) is 0 Å². The maximum Gasteiger partial charge on any atom is 0.256 e. The van der Waals surface area contributed by atoms with Gasteiger partial charge in [-0.15, -0.1) is 11.3 Å². The monoisotopic (exact) mass is 264 g/mol. The number of rotatable bonds is 1. The molecule has 18 heavy (non-hydrogen) atoms. The number of imide groups is 1. The Morgan fingerprint density at radius 1 is 1.39 bits per heavy atom. The molecule has 5 nitrogen and oxygen atoms in total. The molecular formula is C12H12N2O3S. The molecule has 1 atom stereocenters. The van der Waals surface area contributed by atoms with Gasteiger partial charge < -0.3 is 4.90 Å². The van der Waals surface area contributed by atoms with E-state index in [9.17, 15) is 14.4 Å². The molecule has 94 valence electrons. The van der Waals surface area contributed by atoms with Gasteiger partial charge in [-0.2, -0.15) is 0 Å². The van der Waals surface area contributed by atoms with Crippen molar-refractivity contribution in [3.63, 3.8) is 0 Å². The molecule has 2 aliphatic heterocycles. The first-order valence-electron chi connectivity index (χ1n) is 5.79.